The van der Waals surface area contributed by atoms with Crippen molar-refractivity contribution in [3.63, 3.8) is 0 Å². The first-order chi connectivity index (χ1) is 8.59. The molecule has 0 atom stereocenters. The van der Waals surface area contributed by atoms with Gasteiger partial charge in [-0.25, -0.2) is 4.79 Å². The normalized spacial score (nSPS) is 10.1. The molecule has 0 aliphatic carbocycles. The van der Waals surface area contributed by atoms with Crippen molar-refractivity contribution < 1.29 is 14.7 Å². The number of hydrogen-bond donors (Lipinski definition) is 1. The van der Waals surface area contributed by atoms with E-state index in [-0.39, 0.29) is 16.9 Å². The zero-order valence-electron chi connectivity index (χ0n) is 9.26. The van der Waals surface area contributed by atoms with Gasteiger partial charge in [-0.1, -0.05) is 30.3 Å². The molecule has 4 heteroatoms. The monoisotopic (exact) mass is 352 g/mol. The fourth-order valence-corrected chi connectivity index (χ4v) is 2.13. The SMILES string of the molecule is O=C(O)c1cc(I)ccc1C(=O)c1ccccc1. The maximum Gasteiger partial charge on any atom is 0.336 e. The van der Waals surface area contributed by atoms with Crippen LogP contribution >= 0.6 is 22.6 Å². The van der Waals surface area contributed by atoms with E-state index in [4.69, 9.17) is 5.11 Å². The molecule has 18 heavy (non-hydrogen) atoms. The Morgan fingerprint density at radius 1 is 0.944 bits per heavy atom. The summed E-state index contributed by atoms with van der Waals surface area (Å²) in [6, 6.07) is 13.4. The number of halogens is 1. The molecule has 3 nitrogen and oxygen atoms in total. The molecule has 2 rings (SSSR count). The van der Waals surface area contributed by atoms with Crippen LogP contribution in [0.5, 0.6) is 0 Å². The lowest BCUT2D eigenvalue weighted by atomic mass is 9.98. The maximum atomic E-state index is 12.2. The predicted molar refractivity (Wildman–Crippen MR) is 76.0 cm³/mol. The molecule has 2 aromatic carbocycles. The lowest BCUT2D eigenvalue weighted by Crippen LogP contribution is -2.10. The van der Waals surface area contributed by atoms with Gasteiger partial charge in [-0.2, -0.15) is 0 Å². The number of rotatable bonds is 3. The Kier molecular flexibility index (Phi) is 3.76. The van der Waals surface area contributed by atoms with Crippen molar-refractivity contribution in [1.82, 2.24) is 0 Å². The molecule has 0 aromatic heterocycles. The van der Waals surface area contributed by atoms with E-state index in [2.05, 4.69) is 0 Å². The molecule has 1 N–H and O–H groups in total. The van der Waals surface area contributed by atoms with Crippen LogP contribution in [-0.4, -0.2) is 16.9 Å². The molecule has 0 unspecified atom stereocenters. The Morgan fingerprint density at radius 2 is 1.61 bits per heavy atom. The zero-order valence-corrected chi connectivity index (χ0v) is 11.4. The van der Waals surface area contributed by atoms with Crippen LogP contribution in [-0.2, 0) is 0 Å². The fourth-order valence-electron chi connectivity index (χ4n) is 1.64. The number of carbonyl (C=O) groups excluding carboxylic acids is 1. The number of benzene rings is 2. The molecule has 0 spiro atoms. The molecule has 90 valence electrons. The summed E-state index contributed by atoms with van der Waals surface area (Å²) in [5.41, 5.74) is 0.742. The molecule has 0 fully saturated rings. The summed E-state index contributed by atoms with van der Waals surface area (Å²) in [7, 11) is 0. The smallest absolute Gasteiger partial charge is 0.336 e. The van der Waals surface area contributed by atoms with Gasteiger partial charge in [0.1, 0.15) is 0 Å². The first kappa shape index (κ1) is 12.8. The highest BCUT2D eigenvalue weighted by molar-refractivity contribution is 14.1. The molecule has 0 bridgehead atoms. The second kappa shape index (κ2) is 5.30. The van der Waals surface area contributed by atoms with Gasteiger partial charge in [0.15, 0.2) is 5.78 Å². The average molecular weight is 352 g/mol. The Labute approximate surface area is 118 Å². The van der Waals surface area contributed by atoms with E-state index in [1.807, 2.05) is 28.7 Å². The van der Waals surface area contributed by atoms with Crippen LogP contribution in [0.3, 0.4) is 0 Å². The second-order valence-electron chi connectivity index (χ2n) is 3.69. The number of hydrogen-bond acceptors (Lipinski definition) is 2. The third kappa shape index (κ3) is 2.59. The predicted octanol–water partition coefficient (Wildman–Crippen LogP) is 3.22. The molecular formula is C14H9IO3. The van der Waals surface area contributed by atoms with E-state index < -0.39 is 5.97 Å². The van der Waals surface area contributed by atoms with E-state index in [0.717, 1.165) is 3.57 Å². The van der Waals surface area contributed by atoms with Crippen LogP contribution in [0.2, 0.25) is 0 Å². The molecule has 0 aliphatic rings. The topological polar surface area (TPSA) is 54.4 Å². The van der Waals surface area contributed by atoms with Crippen molar-refractivity contribution in [3.8, 4) is 0 Å². The van der Waals surface area contributed by atoms with Gasteiger partial charge in [0.25, 0.3) is 0 Å². The number of carboxylic acid groups (broad SMARTS) is 1. The number of ketones is 1. The van der Waals surface area contributed by atoms with Crippen LogP contribution in [0.4, 0.5) is 0 Å². The van der Waals surface area contributed by atoms with Gasteiger partial charge in [-0.3, -0.25) is 4.79 Å². The summed E-state index contributed by atoms with van der Waals surface area (Å²) in [6.45, 7) is 0. The van der Waals surface area contributed by atoms with E-state index in [0.29, 0.717) is 5.56 Å². The molecule has 2 aromatic rings. The van der Waals surface area contributed by atoms with Gasteiger partial charge < -0.3 is 5.11 Å². The van der Waals surface area contributed by atoms with Gasteiger partial charge >= 0.3 is 5.97 Å². The minimum absolute atomic E-state index is 0.0377. The third-order valence-electron chi connectivity index (χ3n) is 2.49. The van der Waals surface area contributed by atoms with Crippen molar-refractivity contribution in [2.24, 2.45) is 0 Å². The molecule has 0 saturated carbocycles. The van der Waals surface area contributed by atoms with Crippen molar-refractivity contribution in [2.75, 3.05) is 0 Å². The summed E-state index contributed by atoms with van der Waals surface area (Å²) < 4.78 is 0.787. The molecule has 0 radical (unpaired) electrons. The number of carbonyl (C=O) groups is 2. The van der Waals surface area contributed by atoms with Gasteiger partial charge in [0, 0.05) is 14.7 Å². The number of aromatic carboxylic acids is 1. The van der Waals surface area contributed by atoms with Crippen LogP contribution in [0.15, 0.2) is 48.5 Å². The van der Waals surface area contributed by atoms with Crippen molar-refractivity contribution >= 4 is 34.3 Å². The maximum absolute atomic E-state index is 12.2. The fraction of sp³-hybridized carbons (Fsp3) is 0. The second-order valence-corrected chi connectivity index (χ2v) is 4.94. The minimum Gasteiger partial charge on any atom is -0.478 e. The Balaban J connectivity index is 2.52. The highest BCUT2D eigenvalue weighted by atomic mass is 127. The lowest BCUT2D eigenvalue weighted by Gasteiger charge is -2.05. The Hall–Kier alpha value is -1.69. The van der Waals surface area contributed by atoms with Crippen LogP contribution < -0.4 is 0 Å². The van der Waals surface area contributed by atoms with Gasteiger partial charge in [-0.05, 0) is 40.8 Å². The van der Waals surface area contributed by atoms with E-state index in [1.165, 1.54) is 6.07 Å². The zero-order chi connectivity index (χ0) is 13.1. The molecular weight excluding hydrogens is 343 g/mol. The highest BCUT2D eigenvalue weighted by Gasteiger charge is 2.17. The van der Waals surface area contributed by atoms with Crippen molar-refractivity contribution in [3.05, 3.63) is 68.8 Å². The van der Waals surface area contributed by atoms with Crippen molar-refractivity contribution in [2.45, 2.75) is 0 Å². The van der Waals surface area contributed by atoms with E-state index >= 15 is 0 Å². The summed E-state index contributed by atoms with van der Waals surface area (Å²) in [5.74, 6) is -1.36. The van der Waals surface area contributed by atoms with Crippen molar-refractivity contribution in [1.29, 1.82) is 0 Å². The summed E-state index contributed by atoms with van der Waals surface area (Å²) >= 11 is 2.02. The van der Waals surface area contributed by atoms with Crippen LogP contribution in [0.25, 0.3) is 0 Å². The Morgan fingerprint density at radius 3 is 2.22 bits per heavy atom. The standard InChI is InChI=1S/C14H9IO3/c15-10-6-7-11(12(8-10)14(17)18)13(16)9-4-2-1-3-5-9/h1-8H,(H,17,18). The highest BCUT2D eigenvalue weighted by Crippen LogP contribution is 2.18. The van der Waals surface area contributed by atoms with E-state index in [9.17, 15) is 9.59 Å². The first-order valence-electron chi connectivity index (χ1n) is 5.22. The first-order valence-corrected chi connectivity index (χ1v) is 6.30. The summed E-state index contributed by atoms with van der Waals surface area (Å²) in [6.07, 6.45) is 0. The summed E-state index contributed by atoms with van der Waals surface area (Å²) in [5, 5.41) is 9.13. The molecule has 0 amide bonds. The average Bonchev–Trinajstić information content (AvgIpc) is 2.39. The van der Waals surface area contributed by atoms with Gasteiger partial charge in [-0.15, -0.1) is 0 Å². The Bertz CT molecular complexity index is 606. The largest absolute Gasteiger partial charge is 0.478 e. The number of carboxylic acids is 1. The molecule has 0 saturated heterocycles. The molecule has 0 aliphatic heterocycles. The van der Waals surface area contributed by atoms with Gasteiger partial charge in [0.05, 0.1) is 5.56 Å². The van der Waals surface area contributed by atoms with Crippen LogP contribution in [0.1, 0.15) is 26.3 Å². The minimum atomic E-state index is -1.09. The third-order valence-corrected chi connectivity index (χ3v) is 3.16. The summed E-state index contributed by atoms with van der Waals surface area (Å²) in [4.78, 5) is 23.4. The lowest BCUT2D eigenvalue weighted by molar-refractivity contribution is 0.0692. The van der Waals surface area contributed by atoms with E-state index in [1.54, 1.807) is 36.4 Å². The molecule has 0 heterocycles. The van der Waals surface area contributed by atoms with Gasteiger partial charge in [0.2, 0.25) is 0 Å². The quantitative estimate of drug-likeness (QED) is 0.682. The van der Waals surface area contributed by atoms with Crippen LogP contribution in [0, 0.1) is 3.57 Å².